The molecule has 2 heteroatoms. The van der Waals surface area contributed by atoms with Crippen molar-refractivity contribution in [2.45, 2.75) is 39.5 Å². The molecule has 1 aliphatic carbocycles. The fraction of sp³-hybridized carbons (Fsp3) is 0.727. The minimum absolute atomic E-state index is 0.276. The molecule has 1 aliphatic rings. The molecule has 74 valence electrons. The fourth-order valence-corrected chi connectivity index (χ4v) is 1.83. The Balaban J connectivity index is 2.22. The third kappa shape index (κ3) is 2.58. The largest absolute Gasteiger partial charge is 0.502 e. The van der Waals surface area contributed by atoms with Crippen LogP contribution in [0.5, 0.6) is 0 Å². The van der Waals surface area contributed by atoms with E-state index in [-0.39, 0.29) is 5.41 Å². The van der Waals surface area contributed by atoms with Gasteiger partial charge >= 0.3 is 0 Å². The van der Waals surface area contributed by atoms with Crippen molar-refractivity contribution < 1.29 is 9.53 Å². The summed E-state index contributed by atoms with van der Waals surface area (Å²) in [6, 6.07) is 0. The summed E-state index contributed by atoms with van der Waals surface area (Å²) in [5.41, 5.74) is 0.276. The summed E-state index contributed by atoms with van der Waals surface area (Å²) in [5, 5.41) is 0. The van der Waals surface area contributed by atoms with E-state index in [1.165, 1.54) is 0 Å². The van der Waals surface area contributed by atoms with Crippen LogP contribution in [-0.2, 0) is 9.53 Å². The molecule has 0 bridgehead atoms. The van der Waals surface area contributed by atoms with Crippen LogP contribution in [0.3, 0.4) is 0 Å². The minimum atomic E-state index is 0.276. The first-order valence-corrected chi connectivity index (χ1v) is 4.97. The van der Waals surface area contributed by atoms with Gasteiger partial charge in [0.25, 0.3) is 0 Å². The van der Waals surface area contributed by atoms with Crippen molar-refractivity contribution >= 4 is 5.78 Å². The van der Waals surface area contributed by atoms with Crippen LogP contribution in [0.15, 0.2) is 12.3 Å². The number of Topliss-reactive ketones (excluding diaryl/α,β-unsaturated/α-hetero) is 1. The van der Waals surface area contributed by atoms with E-state index in [9.17, 15) is 4.79 Å². The zero-order chi connectivity index (χ0) is 9.73. The molecule has 0 aromatic rings. The number of carbonyl (C=O) groups excluding carboxylic acids is 1. The van der Waals surface area contributed by atoms with E-state index in [1.807, 2.05) is 13.0 Å². The van der Waals surface area contributed by atoms with Gasteiger partial charge in [-0.1, -0.05) is 13.0 Å². The molecule has 0 aromatic heterocycles. The molecular weight excluding hydrogens is 164 g/mol. The summed E-state index contributed by atoms with van der Waals surface area (Å²) >= 11 is 0. The van der Waals surface area contributed by atoms with Crippen LogP contribution in [0.25, 0.3) is 0 Å². The zero-order valence-corrected chi connectivity index (χ0v) is 8.51. The lowest BCUT2D eigenvalue weighted by Gasteiger charge is -2.39. The van der Waals surface area contributed by atoms with Crippen molar-refractivity contribution in [2.75, 3.05) is 6.61 Å². The number of hydrogen-bond donors (Lipinski definition) is 0. The van der Waals surface area contributed by atoms with Gasteiger partial charge in [0.1, 0.15) is 5.78 Å². The second-order valence-electron chi connectivity index (χ2n) is 3.84. The highest BCUT2D eigenvalue weighted by Crippen LogP contribution is 2.44. The molecule has 0 radical (unpaired) electrons. The van der Waals surface area contributed by atoms with Crippen molar-refractivity contribution in [3.8, 4) is 0 Å². The maximum Gasteiger partial charge on any atom is 0.134 e. The van der Waals surface area contributed by atoms with Crippen LogP contribution in [0, 0.1) is 5.41 Å². The highest BCUT2D eigenvalue weighted by molar-refractivity contribution is 5.86. The Bertz CT molecular complexity index is 198. The average molecular weight is 182 g/mol. The second-order valence-corrected chi connectivity index (χ2v) is 3.84. The molecule has 1 rings (SSSR count). The predicted molar refractivity (Wildman–Crippen MR) is 52.3 cm³/mol. The van der Waals surface area contributed by atoms with Gasteiger partial charge in [0.05, 0.1) is 12.9 Å². The Morgan fingerprint density at radius 2 is 2.23 bits per heavy atom. The first kappa shape index (κ1) is 10.3. The van der Waals surface area contributed by atoms with Gasteiger partial charge in [-0.15, -0.1) is 0 Å². The van der Waals surface area contributed by atoms with Gasteiger partial charge < -0.3 is 4.74 Å². The smallest absolute Gasteiger partial charge is 0.134 e. The molecule has 1 saturated carbocycles. The van der Waals surface area contributed by atoms with Gasteiger partial charge in [-0.25, -0.2) is 0 Å². The Morgan fingerprint density at radius 1 is 1.54 bits per heavy atom. The van der Waals surface area contributed by atoms with Crippen molar-refractivity contribution in [1.82, 2.24) is 0 Å². The van der Waals surface area contributed by atoms with Crippen LogP contribution in [0.4, 0.5) is 0 Å². The molecule has 0 N–H and O–H groups in total. The monoisotopic (exact) mass is 182 g/mol. The summed E-state index contributed by atoms with van der Waals surface area (Å²) < 4.78 is 5.26. The van der Waals surface area contributed by atoms with Crippen molar-refractivity contribution in [3.63, 3.8) is 0 Å². The molecule has 0 amide bonds. The summed E-state index contributed by atoms with van der Waals surface area (Å²) in [5.74, 6) is 0.410. The highest BCUT2D eigenvalue weighted by Gasteiger charge is 2.41. The molecule has 2 nitrogen and oxygen atoms in total. The molecule has 0 saturated heterocycles. The van der Waals surface area contributed by atoms with Crippen LogP contribution >= 0.6 is 0 Å². The van der Waals surface area contributed by atoms with E-state index >= 15 is 0 Å². The van der Waals surface area contributed by atoms with E-state index < -0.39 is 0 Å². The van der Waals surface area contributed by atoms with E-state index in [1.54, 1.807) is 6.26 Å². The number of ether oxygens (including phenoxy) is 1. The first-order chi connectivity index (χ1) is 6.22. The Labute approximate surface area is 80.0 Å². The second kappa shape index (κ2) is 4.45. The maximum atomic E-state index is 10.9. The van der Waals surface area contributed by atoms with Gasteiger partial charge in [-0.05, 0) is 25.2 Å². The van der Waals surface area contributed by atoms with Gasteiger partial charge in [-0.2, -0.15) is 0 Å². The SMILES string of the molecule is CC=COCCC1(CC)CC(=O)C1. The normalized spacial score (nSPS) is 20.3. The van der Waals surface area contributed by atoms with E-state index in [0.29, 0.717) is 5.78 Å². The number of allylic oxidation sites excluding steroid dienone is 1. The van der Waals surface area contributed by atoms with E-state index in [2.05, 4.69) is 6.92 Å². The lowest BCUT2D eigenvalue weighted by molar-refractivity contribution is -0.133. The quantitative estimate of drug-likeness (QED) is 0.482. The van der Waals surface area contributed by atoms with Gasteiger partial charge in [0.2, 0.25) is 0 Å². The molecular formula is C11H18O2. The summed E-state index contributed by atoms with van der Waals surface area (Å²) in [6.45, 7) is 4.83. The van der Waals surface area contributed by atoms with Gasteiger partial charge in [-0.3, -0.25) is 4.79 Å². The summed E-state index contributed by atoms with van der Waals surface area (Å²) in [6.07, 6.45) is 7.23. The van der Waals surface area contributed by atoms with Crippen LogP contribution in [0.1, 0.15) is 39.5 Å². The van der Waals surface area contributed by atoms with Crippen molar-refractivity contribution in [3.05, 3.63) is 12.3 Å². The fourth-order valence-electron chi connectivity index (χ4n) is 1.83. The van der Waals surface area contributed by atoms with Crippen LogP contribution in [0.2, 0.25) is 0 Å². The molecule has 1 fully saturated rings. The average Bonchev–Trinajstić information content (AvgIpc) is 2.08. The predicted octanol–water partition coefficient (Wildman–Crippen LogP) is 2.69. The topological polar surface area (TPSA) is 26.3 Å². The lowest BCUT2D eigenvalue weighted by atomic mass is 9.64. The molecule has 0 aromatic carbocycles. The molecule has 0 heterocycles. The Hall–Kier alpha value is -0.790. The molecule has 0 aliphatic heterocycles. The van der Waals surface area contributed by atoms with Crippen molar-refractivity contribution in [2.24, 2.45) is 5.41 Å². The highest BCUT2D eigenvalue weighted by atomic mass is 16.5. The first-order valence-electron chi connectivity index (χ1n) is 4.97. The molecule has 0 atom stereocenters. The maximum absolute atomic E-state index is 10.9. The van der Waals surface area contributed by atoms with Crippen LogP contribution in [-0.4, -0.2) is 12.4 Å². The van der Waals surface area contributed by atoms with E-state index in [0.717, 1.165) is 32.3 Å². The zero-order valence-electron chi connectivity index (χ0n) is 8.51. The summed E-state index contributed by atoms with van der Waals surface area (Å²) in [7, 11) is 0. The summed E-state index contributed by atoms with van der Waals surface area (Å²) in [4.78, 5) is 10.9. The molecule has 0 unspecified atom stereocenters. The lowest BCUT2D eigenvalue weighted by Crippen LogP contribution is -2.37. The standard InChI is InChI=1S/C11H18O2/c1-3-6-13-7-5-11(4-2)8-10(12)9-11/h3,6H,4-5,7-9H2,1-2H3. The third-order valence-electron chi connectivity index (χ3n) is 2.88. The van der Waals surface area contributed by atoms with Crippen molar-refractivity contribution in [1.29, 1.82) is 0 Å². The Kier molecular flexibility index (Phi) is 3.52. The van der Waals surface area contributed by atoms with Gasteiger partial charge in [0.15, 0.2) is 0 Å². The Morgan fingerprint density at radius 3 is 2.69 bits per heavy atom. The number of hydrogen-bond acceptors (Lipinski definition) is 2. The molecule has 0 spiro atoms. The number of carbonyl (C=O) groups is 1. The van der Waals surface area contributed by atoms with Crippen LogP contribution < -0.4 is 0 Å². The van der Waals surface area contributed by atoms with Gasteiger partial charge in [0, 0.05) is 12.8 Å². The molecule has 13 heavy (non-hydrogen) atoms. The third-order valence-corrected chi connectivity index (χ3v) is 2.88. The number of ketones is 1. The number of rotatable bonds is 5. The van der Waals surface area contributed by atoms with E-state index in [4.69, 9.17) is 4.74 Å². The minimum Gasteiger partial charge on any atom is -0.502 e.